The molecule has 1 saturated heterocycles. The molecule has 0 unspecified atom stereocenters. The lowest BCUT2D eigenvalue weighted by molar-refractivity contribution is -0.144. The van der Waals surface area contributed by atoms with Crippen LogP contribution in [0.25, 0.3) is 21.8 Å². The normalized spacial score (nSPS) is 15.0. The third-order valence-corrected chi connectivity index (χ3v) is 11.8. The van der Waals surface area contributed by atoms with Gasteiger partial charge in [-0.25, -0.2) is 9.97 Å². The van der Waals surface area contributed by atoms with Gasteiger partial charge in [0.05, 0.1) is 52.8 Å². The maximum absolute atomic E-state index is 14.0. The molecule has 0 aliphatic carbocycles. The monoisotopic (exact) mass is 937 g/mol. The van der Waals surface area contributed by atoms with Crippen LogP contribution in [-0.4, -0.2) is 121 Å². The lowest BCUT2D eigenvalue weighted by Crippen LogP contribution is -2.57. The number of aromatic nitrogens is 6. The molecule has 3 atom stereocenters. The number of carbonyl (C=O) groups is 6. The molecule has 354 valence electrons. The van der Waals surface area contributed by atoms with E-state index in [2.05, 4.69) is 57.2 Å². The van der Waals surface area contributed by atoms with E-state index in [-0.39, 0.29) is 56.0 Å². The number of thiazole rings is 1. The molecule has 1 aliphatic heterocycles. The molecule has 0 spiro atoms. The van der Waals surface area contributed by atoms with Crippen LogP contribution in [0.4, 0.5) is 17.2 Å². The van der Waals surface area contributed by atoms with E-state index in [1.54, 1.807) is 73.9 Å². The van der Waals surface area contributed by atoms with Gasteiger partial charge < -0.3 is 46.6 Å². The Morgan fingerprint density at radius 2 is 1.70 bits per heavy atom. The van der Waals surface area contributed by atoms with Crippen LogP contribution in [-0.2, 0) is 37.6 Å². The molecule has 6 rings (SSSR count). The first-order chi connectivity index (χ1) is 31.9. The Kier molecular flexibility index (Phi) is 16.0. The van der Waals surface area contributed by atoms with Gasteiger partial charge in [-0.15, -0.1) is 21.5 Å². The van der Waals surface area contributed by atoms with E-state index in [4.69, 9.17) is 4.74 Å². The molecule has 4 heterocycles. The molecule has 22 heteroatoms. The number of rotatable bonds is 18. The zero-order valence-corrected chi connectivity index (χ0v) is 39.1. The summed E-state index contributed by atoms with van der Waals surface area (Å²) in [5.41, 5.74) is 4.98. The number of ether oxygens (including phenoxy) is 1. The minimum Gasteiger partial charge on any atom is -0.494 e. The van der Waals surface area contributed by atoms with E-state index in [1.165, 1.54) is 25.1 Å². The summed E-state index contributed by atoms with van der Waals surface area (Å²) in [6, 6.07) is 12.4. The van der Waals surface area contributed by atoms with Crippen LogP contribution in [0.5, 0.6) is 5.75 Å². The highest BCUT2D eigenvalue weighted by atomic mass is 32.1. The Morgan fingerprint density at radius 3 is 2.36 bits per heavy atom. The number of hydrogen-bond donors (Lipinski definition) is 7. The van der Waals surface area contributed by atoms with E-state index >= 15 is 0 Å². The van der Waals surface area contributed by atoms with Gasteiger partial charge in [-0.05, 0) is 42.0 Å². The Labute approximate surface area is 390 Å². The maximum atomic E-state index is 14.0. The Balaban J connectivity index is 0.983. The maximum Gasteiger partial charge on any atom is 0.273 e. The summed E-state index contributed by atoms with van der Waals surface area (Å²) < 4.78 is 7.22. The molecule has 0 saturated carbocycles. The standard InChI is InChI=1S/C45H55N13O8S/c1-25-39(67-24-50-25)27-16-14-26(15-17-27)20-48-42(63)32-18-28(59)22-58(32)44(65)40(45(2,3)4)53-35(61)13-9-12-34(60)47-21-36(62)52-33-19-31(37(55-54-33)43(64)46-5)51-30-11-8-10-29(38(30)66-7)41-49-23-57(6)56-41/h8,10-11,14-17,19,23-24,28,32,40,59H,9,12-13,18,20-22H2,1-7H3,(H,46,64)(H,47,60)(H,48,63)(H,53,61)(H2,51,52,54,62)/t28-,32+,40-/m1/s1. The third kappa shape index (κ3) is 12.5. The molecule has 2 aromatic carbocycles. The third-order valence-electron chi connectivity index (χ3n) is 10.8. The lowest BCUT2D eigenvalue weighted by Gasteiger charge is -2.35. The number of likely N-dealkylation sites (tertiary alicyclic amines) is 1. The summed E-state index contributed by atoms with van der Waals surface area (Å²) in [7, 11) is 4.65. The Hall–Kier alpha value is -7.33. The van der Waals surface area contributed by atoms with Crippen LogP contribution >= 0.6 is 11.3 Å². The topological polar surface area (TPSA) is 277 Å². The van der Waals surface area contributed by atoms with Gasteiger partial charge >= 0.3 is 0 Å². The fourth-order valence-electron chi connectivity index (χ4n) is 7.35. The van der Waals surface area contributed by atoms with Gasteiger partial charge in [-0.3, -0.25) is 33.4 Å². The molecular weight excluding hydrogens is 883 g/mol. The molecule has 1 aliphatic rings. The molecule has 0 radical (unpaired) electrons. The van der Waals surface area contributed by atoms with Crippen molar-refractivity contribution < 1.29 is 38.6 Å². The molecule has 7 N–H and O–H groups in total. The Bertz CT molecular complexity index is 2610. The van der Waals surface area contributed by atoms with Crippen molar-refractivity contribution in [3.63, 3.8) is 0 Å². The summed E-state index contributed by atoms with van der Waals surface area (Å²) in [6.07, 6.45) is 0.560. The van der Waals surface area contributed by atoms with Crippen LogP contribution in [0, 0.1) is 12.3 Å². The van der Waals surface area contributed by atoms with Crippen molar-refractivity contribution in [2.75, 3.05) is 37.9 Å². The second kappa shape index (κ2) is 21.8. The number of aliphatic hydroxyl groups is 1. The van der Waals surface area contributed by atoms with E-state index in [1.807, 2.05) is 31.2 Å². The van der Waals surface area contributed by atoms with Gasteiger partial charge in [-0.2, -0.15) is 5.10 Å². The van der Waals surface area contributed by atoms with Crippen molar-refractivity contribution in [2.24, 2.45) is 12.5 Å². The van der Waals surface area contributed by atoms with Crippen LogP contribution in [0.3, 0.4) is 0 Å². The highest BCUT2D eigenvalue weighted by Gasteiger charge is 2.44. The number of aryl methyl sites for hydroxylation is 2. The summed E-state index contributed by atoms with van der Waals surface area (Å²) in [6.45, 7) is 7.00. The van der Waals surface area contributed by atoms with Crippen molar-refractivity contribution in [3.8, 4) is 27.6 Å². The van der Waals surface area contributed by atoms with Crippen LogP contribution in [0.2, 0.25) is 0 Å². The minimum absolute atomic E-state index is 0.0184. The first kappa shape index (κ1) is 49.1. The molecule has 3 aromatic heterocycles. The first-order valence-corrected chi connectivity index (χ1v) is 22.3. The number of anilines is 3. The fourth-order valence-corrected chi connectivity index (χ4v) is 8.16. The van der Waals surface area contributed by atoms with Gasteiger partial charge in [0.15, 0.2) is 23.1 Å². The quantitative estimate of drug-likeness (QED) is 0.0666. The van der Waals surface area contributed by atoms with E-state index in [9.17, 15) is 33.9 Å². The summed E-state index contributed by atoms with van der Waals surface area (Å²) in [4.78, 5) is 90.0. The van der Waals surface area contributed by atoms with Gasteiger partial charge in [-0.1, -0.05) is 51.1 Å². The number of benzene rings is 2. The molecule has 6 amide bonds. The zero-order valence-electron chi connectivity index (χ0n) is 38.3. The van der Waals surface area contributed by atoms with Gasteiger partial charge in [0.1, 0.15) is 18.4 Å². The van der Waals surface area contributed by atoms with Crippen molar-refractivity contribution >= 4 is 64.0 Å². The second-order valence-corrected chi connectivity index (χ2v) is 17.8. The number of nitrogens with one attached hydrogen (secondary N) is 6. The minimum atomic E-state index is -1.04. The average Bonchev–Trinajstić information content (AvgIpc) is 4.05. The number of methoxy groups -OCH3 is 1. The smallest absolute Gasteiger partial charge is 0.273 e. The van der Waals surface area contributed by atoms with Gasteiger partial charge in [0, 0.05) is 52.5 Å². The van der Waals surface area contributed by atoms with E-state index < -0.39 is 65.6 Å². The highest BCUT2D eigenvalue weighted by Crippen LogP contribution is 2.37. The highest BCUT2D eigenvalue weighted by molar-refractivity contribution is 7.13. The first-order valence-electron chi connectivity index (χ1n) is 21.5. The number of nitrogens with zero attached hydrogens (tertiary/aromatic N) is 7. The molecule has 67 heavy (non-hydrogen) atoms. The van der Waals surface area contributed by atoms with Crippen LogP contribution in [0.15, 0.2) is 60.4 Å². The molecular formula is C45H55N13O8S. The average molecular weight is 938 g/mol. The molecule has 0 bridgehead atoms. The molecule has 21 nitrogen and oxygen atoms in total. The number of para-hydroxylation sites is 1. The predicted molar refractivity (Wildman–Crippen MR) is 249 cm³/mol. The van der Waals surface area contributed by atoms with E-state index in [0.717, 1.165) is 21.7 Å². The van der Waals surface area contributed by atoms with Gasteiger partial charge in [0.2, 0.25) is 29.5 Å². The summed E-state index contributed by atoms with van der Waals surface area (Å²) in [5.74, 6) is -2.32. The lowest BCUT2D eigenvalue weighted by atomic mass is 9.85. The fraction of sp³-hybridized carbons (Fsp3) is 0.400. The predicted octanol–water partition coefficient (Wildman–Crippen LogP) is 2.85. The van der Waals surface area contributed by atoms with Crippen molar-refractivity contribution in [2.45, 2.75) is 78.1 Å². The zero-order chi connectivity index (χ0) is 48.4. The molecule has 1 fully saturated rings. The van der Waals surface area contributed by atoms with Crippen molar-refractivity contribution in [3.05, 3.63) is 77.3 Å². The Morgan fingerprint density at radius 1 is 0.955 bits per heavy atom. The number of aliphatic hydroxyl groups excluding tert-OH is 1. The van der Waals surface area contributed by atoms with Crippen LogP contribution in [0.1, 0.15) is 68.2 Å². The summed E-state index contributed by atoms with van der Waals surface area (Å²) >= 11 is 1.55. The largest absolute Gasteiger partial charge is 0.494 e. The van der Waals surface area contributed by atoms with Crippen molar-refractivity contribution in [1.82, 2.24) is 56.1 Å². The van der Waals surface area contributed by atoms with Gasteiger partial charge in [0.25, 0.3) is 5.91 Å². The van der Waals surface area contributed by atoms with Crippen molar-refractivity contribution in [1.29, 1.82) is 0 Å². The number of β-amino-alcohol motifs (C(OH)–C–C–N with tert-alkyl or cyclic N) is 1. The number of amides is 6. The van der Waals surface area contributed by atoms with Crippen LogP contribution < -0.4 is 36.6 Å². The number of hydrogen-bond acceptors (Lipinski definition) is 15. The summed E-state index contributed by atoms with van der Waals surface area (Å²) in [5, 5.41) is 39.3. The second-order valence-electron chi connectivity index (χ2n) is 16.9. The van der Waals surface area contributed by atoms with E-state index in [0.29, 0.717) is 22.8 Å². The SMILES string of the molecule is CNC(=O)c1nnc(NC(=O)CNC(=O)CCCC(=O)N[C@H](C(=O)N2C[C@H](O)C[C@H]2C(=O)NCc2ccc(-c3scnc3C)cc2)C(C)(C)C)cc1Nc1cccc(-c2ncn(C)n2)c1OC. The number of carbonyl (C=O) groups excluding carboxylic acids is 6. The molecule has 5 aromatic rings.